The highest BCUT2D eigenvalue weighted by Crippen LogP contribution is 2.27. The molecule has 1 atom stereocenters. The zero-order valence-electron chi connectivity index (χ0n) is 18.0. The maximum atomic E-state index is 13.0. The zero-order chi connectivity index (χ0) is 23.6. The summed E-state index contributed by atoms with van der Waals surface area (Å²) >= 11 is 0. The summed E-state index contributed by atoms with van der Waals surface area (Å²) in [4.78, 5) is 25.0. The van der Waals surface area contributed by atoms with Crippen molar-refractivity contribution >= 4 is 38.1 Å². The monoisotopic (exact) mass is 468 g/mol. The summed E-state index contributed by atoms with van der Waals surface area (Å²) in [5.41, 5.74) is 0.256. The molecule has 9 nitrogen and oxygen atoms in total. The van der Waals surface area contributed by atoms with Gasteiger partial charge in [-0.3, -0.25) is 19.8 Å². The van der Waals surface area contributed by atoms with Crippen LogP contribution >= 0.6 is 0 Å². The second-order valence-electron chi connectivity index (χ2n) is 7.89. The molecule has 0 spiro atoms. The fourth-order valence-corrected chi connectivity index (χ4v) is 5.56. The van der Waals surface area contributed by atoms with Gasteiger partial charge in [0, 0.05) is 37.9 Å². The molecule has 4 rings (SSSR count). The van der Waals surface area contributed by atoms with Gasteiger partial charge in [0.05, 0.1) is 11.0 Å². The van der Waals surface area contributed by atoms with Crippen LogP contribution < -0.4 is 5.32 Å². The van der Waals surface area contributed by atoms with Crippen LogP contribution in [0.4, 0.5) is 11.4 Å². The Labute approximate surface area is 191 Å². The van der Waals surface area contributed by atoms with Crippen LogP contribution in [0.2, 0.25) is 0 Å². The molecule has 3 aromatic carbocycles. The van der Waals surface area contributed by atoms with Gasteiger partial charge in [-0.15, -0.1) is 0 Å². The highest BCUT2D eigenvalue weighted by molar-refractivity contribution is 7.89. The topological polar surface area (TPSA) is 113 Å². The predicted octanol–water partition coefficient (Wildman–Crippen LogP) is 3.08. The number of nitrogens with one attached hydrogen (secondary N) is 1. The number of anilines is 1. The van der Waals surface area contributed by atoms with Gasteiger partial charge in [-0.2, -0.15) is 4.31 Å². The number of fused-ring (bicyclic) bond motifs is 1. The Balaban J connectivity index is 1.40. The molecule has 0 aromatic heterocycles. The molecule has 1 aliphatic rings. The largest absolute Gasteiger partial charge is 0.325 e. The molecule has 0 saturated carbocycles. The molecular formula is C23H24N4O5S. The summed E-state index contributed by atoms with van der Waals surface area (Å²) in [6.07, 6.45) is 0. The number of para-hydroxylation sites is 1. The molecule has 172 valence electrons. The number of nitro groups is 1. The molecular weight excluding hydrogens is 444 g/mol. The number of benzene rings is 3. The number of sulfonamides is 1. The molecule has 0 unspecified atom stereocenters. The molecule has 3 aromatic rings. The molecule has 1 heterocycles. The molecule has 1 fully saturated rings. The fourth-order valence-electron chi connectivity index (χ4n) is 3.98. The number of carbonyl (C=O) groups is 1. The highest BCUT2D eigenvalue weighted by atomic mass is 32.2. The van der Waals surface area contributed by atoms with Gasteiger partial charge in [0.25, 0.3) is 5.69 Å². The lowest BCUT2D eigenvalue weighted by Crippen LogP contribution is -2.53. The first-order valence-electron chi connectivity index (χ1n) is 10.5. The minimum absolute atomic E-state index is 0.141. The average Bonchev–Trinajstić information content (AvgIpc) is 2.83. The molecule has 33 heavy (non-hydrogen) atoms. The van der Waals surface area contributed by atoms with Gasteiger partial charge >= 0.3 is 0 Å². The van der Waals surface area contributed by atoms with Gasteiger partial charge in [-0.25, -0.2) is 8.42 Å². The summed E-state index contributed by atoms with van der Waals surface area (Å²) in [5.74, 6) is -0.180. The number of nitro benzene ring substituents is 1. The van der Waals surface area contributed by atoms with Crippen molar-refractivity contribution in [1.82, 2.24) is 9.21 Å². The van der Waals surface area contributed by atoms with E-state index in [4.69, 9.17) is 0 Å². The molecule has 10 heteroatoms. The van der Waals surface area contributed by atoms with E-state index < -0.39 is 26.7 Å². The van der Waals surface area contributed by atoms with Gasteiger partial charge in [-0.05, 0) is 35.9 Å². The van der Waals surface area contributed by atoms with E-state index in [0.717, 1.165) is 10.8 Å². The summed E-state index contributed by atoms with van der Waals surface area (Å²) < 4.78 is 27.2. The number of carbonyl (C=O) groups excluding carboxylic acids is 1. The highest BCUT2D eigenvalue weighted by Gasteiger charge is 2.35. The number of hydrogen-bond donors (Lipinski definition) is 1. The molecule has 1 amide bonds. The molecule has 1 aliphatic heterocycles. The van der Waals surface area contributed by atoms with Crippen molar-refractivity contribution in [3.8, 4) is 0 Å². The molecule has 1 N–H and O–H groups in total. The van der Waals surface area contributed by atoms with Crippen molar-refractivity contribution in [1.29, 1.82) is 0 Å². The van der Waals surface area contributed by atoms with Crippen LogP contribution in [0.1, 0.15) is 6.92 Å². The summed E-state index contributed by atoms with van der Waals surface area (Å²) in [6, 6.07) is 18.5. The zero-order valence-corrected chi connectivity index (χ0v) is 18.9. The second-order valence-corrected chi connectivity index (χ2v) is 9.80. The number of amides is 1. The first-order valence-corrected chi connectivity index (χ1v) is 12.0. The molecule has 0 aliphatic carbocycles. The van der Waals surface area contributed by atoms with E-state index >= 15 is 0 Å². The Bertz CT molecular complexity index is 1300. The Morgan fingerprint density at radius 3 is 2.30 bits per heavy atom. The Morgan fingerprint density at radius 1 is 0.970 bits per heavy atom. The first-order chi connectivity index (χ1) is 15.8. The normalized spacial score (nSPS) is 16.4. The van der Waals surface area contributed by atoms with E-state index in [1.807, 2.05) is 47.4 Å². The van der Waals surface area contributed by atoms with Crippen LogP contribution in [0, 0.1) is 10.1 Å². The third-order valence-corrected chi connectivity index (χ3v) is 7.84. The number of nitrogens with zero attached hydrogens (tertiary/aromatic N) is 3. The SMILES string of the molecule is C[C@@H](C(=O)Nc1ccc2ccccc2c1)N1CCN(S(=O)(=O)c2ccccc2[N+](=O)[O-])CC1. The van der Waals surface area contributed by atoms with Gasteiger partial charge in [0.2, 0.25) is 15.9 Å². The van der Waals surface area contributed by atoms with Crippen molar-refractivity contribution in [2.24, 2.45) is 0 Å². The Kier molecular flexibility index (Phi) is 6.41. The number of hydrogen-bond acceptors (Lipinski definition) is 6. The maximum absolute atomic E-state index is 13.0. The standard InChI is InChI=1S/C23H24N4O5S/c1-17(23(28)24-20-11-10-18-6-2-3-7-19(18)16-20)25-12-14-26(15-13-25)33(31,32)22-9-5-4-8-21(22)27(29)30/h2-11,16-17H,12-15H2,1H3,(H,24,28)/t17-/m0/s1. The third-order valence-electron chi connectivity index (χ3n) is 5.90. The first kappa shape index (κ1) is 22.8. The molecule has 0 bridgehead atoms. The smallest absolute Gasteiger partial charge is 0.289 e. The fraction of sp³-hybridized carbons (Fsp3) is 0.261. The lowest BCUT2D eigenvalue weighted by Gasteiger charge is -2.36. The minimum atomic E-state index is -4.01. The Hall–Kier alpha value is -3.34. The van der Waals surface area contributed by atoms with Crippen molar-refractivity contribution in [3.63, 3.8) is 0 Å². The van der Waals surface area contributed by atoms with E-state index in [1.165, 1.54) is 28.6 Å². The van der Waals surface area contributed by atoms with Crippen molar-refractivity contribution in [2.75, 3.05) is 31.5 Å². The minimum Gasteiger partial charge on any atom is -0.325 e. The van der Waals surface area contributed by atoms with Crippen LogP contribution in [-0.4, -0.2) is 60.7 Å². The van der Waals surface area contributed by atoms with Gasteiger partial charge in [0.1, 0.15) is 0 Å². The molecule has 0 radical (unpaired) electrons. The van der Waals surface area contributed by atoms with E-state index in [-0.39, 0.29) is 23.9 Å². The quantitative estimate of drug-likeness (QED) is 0.439. The van der Waals surface area contributed by atoms with E-state index in [1.54, 1.807) is 6.92 Å². The number of piperazine rings is 1. The third kappa shape index (κ3) is 4.72. The van der Waals surface area contributed by atoms with Crippen molar-refractivity contribution in [2.45, 2.75) is 17.9 Å². The summed E-state index contributed by atoms with van der Waals surface area (Å²) in [5, 5.41) is 16.3. The lowest BCUT2D eigenvalue weighted by molar-refractivity contribution is -0.387. The second kappa shape index (κ2) is 9.26. The van der Waals surface area contributed by atoms with E-state index in [2.05, 4.69) is 5.32 Å². The molecule has 1 saturated heterocycles. The predicted molar refractivity (Wildman–Crippen MR) is 125 cm³/mol. The van der Waals surface area contributed by atoms with Crippen LogP contribution in [0.25, 0.3) is 10.8 Å². The lowest BCUT2D eigenvalue weighted by atomic mass is 10.1. The van der Waals surface area contributed by atoms with Gasteiger partial charge in [-0.1, -0.05) is 42.5 Å². The van der Waals surface area contributed by atoms with E-state index in [9.17, 15) is 23.3 Å². The van der Waals surface area contributed by atoms with Crippen LogP contribution in [0.3, 0.4) is 0 Å². The van der Waals surface area contributed by atoms with Crippen molar-refractivity contribution < 1.29 is 18.1 Å². The van der Waals surface area contributed by atoms with E-state index in [0.29, 0.717) is 18.8 Å². The van der Waals surface area contributed by atoms with Crippen LogP contribution in [0.15, 0.2) is 71.6 Å². The average molecular weight is 469 g/mol. The summed E-state index contributed by atoms with van der Waals surface area (Å²) in [7, 11) is -4.01. The van der Waals surface area contributed by atoms with Crippen LogP contribution in [-0.2, 0) is 14.8 Å². The summed E-state index contributed by atoms with van der Waals surface area (Å²) in [6.45, 7) is 2.74. The van der Waals surface area contributed by atoms with Crippen LogP contribution in [0.5, 0.6) is 0 Å². The number of rotatable bonds is 6. The van der Waals surface area contributed by atoms with Gasteiger partial charge in [0.15, 0.2) is 4.90 Å². The van der Waals surface area contributed by atoms with Crippen molar-refractivity contribution in [3.05, 3.63) is 76.8 Å². The van der Waals surface area contributed by atoms with Gasteiger partial charge < -0.3 is 5.32 Å². The maximum Gasteiger partial charge on any atom is 0.289 e. The Morgan fingerprint density at radius 2 is 1.61 bits per heavy atom.